The molecule has 4 nitrogen and oxygen atoms in total. The van der Waals surface area contributed by atoms with Gasteiger partial charge in [0.2, 0.25) is 11.8 Å². The summed E-state index contributed by atoms with van der Waals surface area (Å²) in [5.74, 6) is 0.392. The fourth-order valence-electron chi connectivity index (χ4n) is 3.15. The van der Waals surface area contributed by atoms with Crippen LogP contribution in [0.25, 0.3) is 0 Å². The second-order valence-electron chi connectivity index (χ2n) is 6.31. The number of amides is 2. The summed E-state index contributed by atoms with van der Waals surface area (Å²) < 4.78 is 0. The van der Waals surface area contributed by atoms with Crippen LogP contribution < -0.4 is 10.2 Å². The predicted octanol–water partition coefficient (Wildman–Crippen LogP) is 4.36. The Hall–Kier alpha value is -1.84. The van der Waals surface area contributed by atoms with E-state index in [1.807, 2.05) is 29.2 Å². The number of nitrogens with zero attached hydrogens (tertiary/aromatic N) is 1. The van der Waals surface area contributed by atoms with Crippen LogP contribution in [0, 0.1) is 5.92 Å². The minimum absolute atomic E-state index is 0.0911. The maximum atomic E-state index is 12.4. The first-order chi connectivity index (χ1) is 11.2. The van der Waals surface area contributed by atoms with Crippen LogP contribution in [0.1, 0.15) is 58.8 Å². The number of piperidine rings is 1. The van der Waals surface area contributed by atoms with Crippen molar-refractivity contribution in [1.29, 1.82) is 0 Å². The fraction of sp³-hybridized carbons (Fsp3) is 0.579. The van der Waals surface area contributed by atoms with E-state index in [-0.39, 0.29) is 17.7 Å². The minimum atomic E-state index is 0.0911. The predicted molar refractivity (Wildman–Crippen MR) is 94.6 cm³/mol. The zero-order chi connectivity index (χ0) is 16.7. The van der Waals surface area contributed by atoms with Crippen molar-refractivity contribution in [2.45, 2.75) is 58.8 Å². The van der Waals surface area contributed by atoms with Crippen molar-refractivity contribution in [3.05, 3.63) is 24.3 Å². The molecule has 1 aromatic rings. The van der Waals surface area contributed by atoms with Crippen molar-refractivity contribution in [1.82, 2.24) is 0 Å². The van der Waals surface area contributed by atoms with Gasteiger partial charge in [0.05, 0.1) is 0 Å². The van der Waals surface area contributed by atoms with Crippen LogP contribution in [0.3, 0.4) is 0 Å². The largest absolute Gasteiger partial charge is 0.326 e. The van der Waals surface area contributed by atoms with Gasteiger partial charge >= 0.3 is 0 Å². The fourth-order valence-corrected chi connectivity index (χ4v) is 3.15. The maximum absolute atomic E-state index is 12.4. The summed E-state index contributed by atoms with van der Waals surface area (Å²) in [4.78, 5) is 26.1. The zero-order valence-electron chi connectivity index (χ0n) is 14.3. The van der Waals surface area contributed by atoms with E-state index in [9.17, 15) is 9.59 Å². The summed E-state index contributed by atoms with van der Waals surface area (Å²) in [6.45, 7) is 5.01. The van der Waals surface area contributed by atoms with Gasteiger partial charge in [0.15, 0.2) is 0 Å². The minimum Gasteiger partial charge on any atom is -0.326 e. The van der Waals surface area contributed by atoms with Crippen molar-refractivity contribution in [3.63, 3.8) is 0 Å². The molecular weight excluding hydrogens is 288 g/mol. The molecule has 0 atom stereocenters. The van der Waals surface area contributed by atoms with E-state index in [1.165, 1.54) is 0 Å². The van der Waals surface area contributed by atoms with Gasteiger partial charge in [0.1, 0.15) is 0 Å². The van der Waals surface area contributed by atoms with E-state index in [2.05, 4.69) is 19.2 Å². The Labute approximate surface area is 139 Å². The summed E-state index contributed by atoms with van der Waals surface area (Å²) in [7, 11) is 0. The SMILES string of the molecule is CCCC(CCC)C(=O)Nc1ccc(N2CCCCC2=O)cc1. The average Bonchev–Trinajstić information content (AvgIpc) is 2.56. The number of nitrogens with one attached hydrogen (secondary N) is 1. The van der Waals surface area contributed by atoms with Gasteiger partial charge in [-0.2, -0.15) is 0 Å². The number of anilines is 2. The van der Waals surface area contributed by atoms with E-state index in [4.69, 9.17) is 0 Å². The molecule has 2 rings (SSSR count). The molecule has 1 fully saturated rings. The van der Waals surface area contributed by atoms with E-state index in [0.717, 1.165) is 56.4 Å². The van der Waals surface area contributed by atoms with E-state index in [1.54, 1.807) is 0 Å². The van der Waals surface area contributed by atoms with Crippen LogP contribution in [0.4, 0.5) is 11.4 Å². The Morgan fingerprint density at radius 2 is 1.78 bits per heavy atom. The highest BCUT2D eigenvalue weighted by molar-refractivity contribution is 5.95. The van der Waals surface area contributed by atoms with Gasteiger partial charge in [0.25, 0.3) is 0 Å². The van der Waals surface area contributed by atoms with Gasteiger partial charge in [-0.05, 0) is 49.9 Å². The third-order valence-electron chi connectivity index (χ3n) is 4.41. The van der Waals surface area contributed by atoms with Crippen molar-refractivity contribution >= 4 is 23.2 Å². The smallest absolute Gasteiger partial charge is 0.227 e. The lowest BCUT2D eigenvalue weighted by Crippen LogP contribution is -2.35. The Morgan fingerprint density at radius 1 is 1.13 bits per heavy atom. The van der Waals surface area contributed by atoms with Gasteiger partial charge in [-0.1, -0.05) is 26.7 Å². The van der Waals surface area contributed by atoms with Gasteiger partial charge in [-0.3, -0.25) is 9.59 Å². The van der Waals surface area contributed by atoms with Crippen LogP contribution in [0.5, 0.6) is 0 Å². The summed E-state index contributed by atoms with van der Waals surface area (Å²) in [6.07, 6.45) is 6.58. The number of carbonyl (C=O) groups is 2. The van der Waals surface area contributed by atoms with Crippen molar-refractivity contribution in [2.24, 2.45) is 5.92 Å². The van der Waals surface area contributed by atoms with Crippen LogP contribution in [0.15, 0.2) is 24.3 Å². The topological polar surface area (TPSA) is 49.4 Å². The molecular formula is C19H28N2O2. The summed E-state index contributed by atoms with van der Waals surface area (Å²) in [5.41, 5.74) is 1.73. The second-order valence-corrected chi connectivity index (χ2v) is 6.31. The second kappa shape index (κ2) is 8.70. The number of carbonyl (C=O) groups excluding carboxylic acids is 2. The molecule has 0 radical (unpaired) electrons. The molecule has 1 saturated heterocycles. The lowest BCUT2D eigenvalue weighted by molar-refractivity contribution is -0.120. The zero-order valence-corrected chi connectivity index (χ0v) is 14.3. The van der Waals surface area contributed by atoms with Gasteiger partial charge in [-0.25, -0.2) is 0 Å². The highest BCUT2D eigenvalue weighted by atomic mass is 16.2. The average molecular weight is 316 g/mol. The molecule has 0 unspecified atom stereocenters. The number of hydrogen-bond acceptors (Lipinski definition) is 2. The van der Waals surface area contributed by atoms with Crippen LogP contribution in [-0.4, -0.2) is 18.4 Å². The molecule has 0 bridgehead atoms. The van der Waals surface area contributed by atoms with Crippen molar-refractivity contribution in [2.75, 3.05) is 16.8 Å². The third kappa shape index (κ3) is 4.81. The lowest BCUT2D eigenvalue weighted by Gasteiger charge is -2.27. The van der Waals surface area contributed by atoms with Gasteiger partial charge in [-0.15, -0.1) is 0 Å². The number of rotatable bonds is 7. The number of benzene rings is 1. The van der Waals surface area contributed by atoms with E-state index < -0.39 is 0 Å². The Kier molecular flexibility index (Phi) is 6.63. The summed E-state index contributed by atoms with van der Waals surface area (Å²) >= 11 is 0. The Morgan fingerprint density at radius 3 is 2.35 bits per heavy atom. The number of hydrogen-bond donors (Lipinski definition) is 1. The first-order valence-corrected chi connectivity index (χ1v) is 8.87. The van der Waals surface area contributed by atoms with E-state index >= 15 is 0 Å². The van der Waals surface area contributed by atoms with Gasteiger partial charge < -0.3 is 10.2 Å². The Balaban J connectivity index is 1.98. The first kappa shape index (κ1) is 17.5. The van der Waals surface area contributed by atoms with Gasteiger partial charge in [0, 0.05) is 30.3 Å². The molecule has 4 heteroatoms. The highest BCUT2D eigenvalue weighted by Crippen LogP contribution is 2.23. The van der Waals surface area contributed by atoms with E-state index in [0.29, 0.717) is 6.42 Å². The molecule has 126 valence electrons. The maximum Gasteiger partial charge on any atom is 0.227 e. The molecule has 0 saturated carbocycles. The van der Waals surface area contributed by atoms with Crippen LogP contribution in [0.2, 0.25) is 0 Å². The summed E-state index contributed by atoms with van der Waals surface area (Å²) in [5, 5.41) is 3.01. The molecule has 1 aliphatic rings. The van der Waals surface area contributed by atoms with Crippen LogP contribution in [-0.2, 0) is 9.59 Å². The van der Waals surface area contributed by atoms with Crippen molar-refractivity contribution in [3.8, 4) is 0 Å². The monoisotopic (exact) mass is 316 g/mol. The molecule has 0 spiro atoms. The highest BCUT2D eigenvalue weighted by Gasteiger charge is 2.20. The molecule has 1 aromatic carbocycles. The summed E-state index contributed by atoms with van der Waals surface area (Å²) in [6, 6.07) is 7.63. The molecule has 1 aliphatic heterocycles. The molecule has 0 aromatic heterocycles. The Bertz CT molecular complexity index is 519. The molecule has 1 N–H and O–H groups in total. The lowest BCUT2D eigenvalue weighted by atomic mass is 9.97. The standard InChI is InChI=1S/C19H28N2O2/c1-3-7-15(8-4-2)19(23)20-16-10-12-17(13-11-16)21-14-6-5-9-18(21)22/h10-13,15H,3-9,14H2,1-2H3,(H,20,23). The third-order valence-corrected chi connectivity index (χ3v) is 4.41. The molecule has 2 amide bonds. The molecule has 1 heterocycles. The molecule has 23 heavy (non-hydrogen) atoms. The molecule has 0 aliphatic carbocycles. The quantitative estimate of drug-likeness (QED) is 0.812. The first-order valence-electron chi connectivity index (χ1n) is 8.87. The van der Waals surface area contributed by atoms with Crippen LogP contribution >= 0.6 is 0 Å². The normalized spacial score (nSPS) is 15.1. The van der Waals surface area contributed by atoms with Crippen molar-refractivity contribution < 1.29 is 9.59 Å².